The first-order chi connectivity index (χ1) is 20.0. The Kier molecular flexibility index (Phi) is 9.96. The standard InChI is InChI=1S/C30H40N6O.C3H9N/c1-21-7-4-8-22-9-5-11-27(28(21)22)36-18-14-25-26(19-36)32-30(37-20-24-10-6-15-34(24)3)33-29(25)35-16-12-23(31-2)13-17-35;1-2-3-4/h4-5,7-9,11,23-24,31H,6,10,12-20H2,1-3H3;2-4H2,1H3/t24-;/m0./s1. The monoisotopic (exact) mass is 559 g/mol. The zero-order chi connectivity index (χ0) is 28.8. The molecule has 8 heteroatoms. The normalized spacial score (nSPS) is 19.7. The van der Waals surface area contributed by atoms with Crippen molar-refractivity contribution < 1.29 is 4.74 Å². The molecule has 8 nitrogen and oxygen atoms in total. The van der Waals surface area contributed by atoms with Crippen LogP contribution in [0.4, 0.5) is 11.5 Å². The van der Waals surface area contributed by atoms with Crippen molar-refractivity contribution in [3.05, 3.63) is 53.2 Å². The molecule has 1 aromatic heterocycles. The van der Waals surface area contributed by atoms with E-state index in [1.807, 2.05) is 0 Å². The second-order valence-corrected chi connectivity index (χ2v) is 11.8. The number of likely N-dealkylation sites (tertiary alicyclic amines) is 1. The number of aryl methyl sites for hydroxylation is 1. The maximum absolute atomic E-state index is 6.31. The second kappa shape index (κ2) is 13.8. The van der Waals surface area contributed by atoms with Gasteiger partial charge in [-0.3, -0.25) is 0 Å². The predicted molar refractivity (Wildman–Crippen MR) is 170 cm³/mol. The number of anilines is 2. The van der Waals surface area contributed by atoms with Crippen molar-refractivity contribution in [2.24, 2.45) is 5.73 Å². The average molecular weight is 560 g/mol. The first-order valence-electron chi connectivity index (χ1n) is 15.6. The van der Waals surface area contributed by atoms with Gasteiger partial charge in [0.05, 0.1) is 12.2 Å². The summed E-state index contributed by atoms with van der Waals surface area (Å²) in [6, 6.07) is 14.8. The summed E-state index contributed by atoms with van der Waals surface area (Å²) in [5, 5.41) is 6.09. The van der Waals surface area contributed by atoms with E-state index in [4.69, 9.17) is 20.4 Å². The van der Waals surface area contributed by atoms with E-state index in [1.165, 1.54) is 40.4 Å². The van der Waals surface area contributed by atoms with Crippen LogP contribution >= 0.6 is 0 Å². The van der Waals surface area contributed by atoms with Gasteiger partial charge >= 0.3 is 6.01 Å². The molecule has 222 valence electrons. The second-order valence-electron chi connectivity index (χ2n) is 11.8. The van der Waals surface area contributed by atoms with Gasteiger partial charge in [-0.15, -0.1) is 0 Å². The Morgan fingerprint density at radius 1 is 1.00 bits per heavy atom. The first kappa shape index (κ1) is 29.5. The third-order valence-corrected chi connectivity index (χ3v) is 9.02. The molecule has 0 saturated carbocycles. The topological polar surface area (TPSA) is 82.8 Å². The quantitative estimate of drug-likeness (QED) is 0.437. The van der Waals surface area contributed by atoms with Crippen LogP contribution in [0.2, 0.25) is 0 Å². The highest BCUT2D eigenvalue weighted by Gasteiger charge is 2.29. The van der Waals surface area contributed by atoms with Gasteiger partial charge in [0.1, 0.15) is 12.4 Å². The molecule has 4 heterocycles. The first-order valence-corrected chi connectivity index (χ1v) is 15.6. The van der Waals surface area contributed by atoms with Crippen LogP contribution in [-0.4, -0.2) is 80.4 Å². The number of nitrogens with one attached hydrogen (secondary N) is 1. The lowest BCUT2D eigenvalue weighted by Gasteiger charge is -2.37. The number of rotatable bonds is 7. The number of piperidine rings is 1. The van der Waals surface area contributed by atoms with Gasteiger partial charge in [-0.25, -0.2) is 0 Å². The van der Waals surface area contributed by atoms with Crippen LogP contribution in [0.3, 0.4) is 0 Å². The number of aromatic nitrogens is 2. The van der Waals surface area contributed by atoms with E-state index < -0.39 is 0 Å². The Bertz CT molecular complexity index is 1280. The van der Waals surface area contributed by atoms with Crippen LogP contribution < -0.4 is 25.6 Å². The molecular formula is C33H49N7O. The highest BCUT2D eigenvalue weighted by molar-refractivity contribution is 5.97. The third kappa shape index (κ3) is 6.76. The number of hydrogen-bond acceptors (Lipinski definition) is 8. The third-order valence-electron chi connectivity index (χ3n) is 9.02. The summed E-state index contributed by atoms with van der Waals surface area (Å²) in [6.45, 7) is 10.7. The van der Waals surface area contributed by atoms with Crippen molar-refractivity contribution in [1.29, 1.82) is 0 Å². The van der Waals surface area contributed by atoms with Crippen LogP contribution in [0, 0.1) is 6.92 Å². The van der Waals surface area contributed by atoms with Gasteiger partial charge in [0.15, 0.2) is 0 Å². The lowest BCUT2D eigenvalue weighted by Crippen LogP contribution is -2.43. The molecule has 3 N–H and O–H groups in total. The molecule has 0 amide bonds. The van der Waals surface area contributed by atoms with Gasteiger partial charge in [-0.1, -0.05) is 37.3 Å². The maximum atomic E-state index is 6.31. The minimum Gasteiger partial charge on any atom is -0.462 e. The molecule has 3 aliphatic heterocycles. The summed E-state index contributed by atoms with van der Waals surface area (Å²) in [4.78, 5) is 17.4. The molecule has 2 saturated heterocycles. The number of benzene rings is 2. The Balaban J connectivity index is 0.000000794. The Morgan fingerprint density at radius 2 is 1.76 bits per heavy atom. The van der Waals surface area contributed by atoms with Gasteiger partial charge in [-0.2, -0.15) is 9.97 Å². The molecule has 3 aromatic rings. The number of fused-ring (bicyclic) bond motifs is 2. The summed E-state index contributed by atoms with van der Waals surface area (Å²) >= 11 is 0. The SMILES string of the molecule is CCCN.CNC1CCN(c2nc(OC[C@@H]3CCCN3C)nc3c2CCN(c2cccc4cccc(C)c24)C3)CC1. The summed E-state index contributed by atoms with van der Waals surface area (Å²) in [5.41, 5.74) is 10.1. The average Bonchev–Trinajstić information content (AvgIpc) is 3.43. The number of likely N-dealkylation sites (N-methyl/N-ethyl adjacent to an activating group) is 1. The number of ether oxygens (including phenoxy) is 1. The highest BCUT2D eigenvalue weighted by atomic mass is 16.5. The fraction of sp³-hybridized carbons (Fsp3) is 0.576. The predicted octanol–water partition coefficient (Wildman–Crippen LogP) is 4.52. The van der Waals surface area contributed by atoms with Crippen molar-refractivity contribution in [3.63, 3.8) is 0 Å². The summed E-state index contributed by atoms with van der Waals surface area (Å²) in [5.74, 6) is 1.10. The number of hydrogen-bond donors (Lipinski definition) is 2. The lowest BCUT2D eigenvalue weighted by atomic mass is 9.99. The van der Waals surface area contributed by atoms with E-state index in [-0.39, 0.29) is 0 Å². The smallest absolute Gasteiger partial charge is 0.318 e. The molecule has 41 heavy (non-hydrogen) atoms. The van der Waals surface area contributed by atoms with Crippen molar-refractivity contribution >= 4 is 22.3 Å². The Labute approximate surface area is 246 Å². The largest absolute Gasteiger partial charge is 0.462 e. The molecule has 0 unspecified atom stereocenters. The highest BCUT2D eigenvalue weighted by Crippen LogP contribution is 2.36. The zero-order valence-corrected chi connectivity index (χ0v) is 25.5. The molecule has 2 aromatic carbocycles. The van der Waals surface area contributed by atoms with Crippen molar-refractivity contribution in [3.8, 4) is 6.01 Å². The van der Waals surface area contributed by atoms with Gasteiger partial charge in [0, 0.05) is 48.4 Å². The van der Waals surface area contributed by atoms with E-state index in [0.717, 1.165) is 76.5 Å². The number of nitrogens with two attached hydrogens (primary N) is 1. The molecule has 0 radical (unpaired) electrons. The van der Waals surface area contributed by atoms with Crippen LogP contribution in [0.15, 0.2) is 36.4 Å². The molecule has 3 aliphatic rings. The Hall–Kier alpha value is -2.94. The van der Waals surface area contributed by atoms with Crippen molar-refractivity contribution in [2.75, 3.05) is 63.2 Å². The summed E-state index contributed by atoms with van der Waals surface area (Å²) < 4.78 is 6.31. The summed E-state index contributed by atoms with van der Waals surface area (Å²) in [7, 11) is 4.26. The van der Waals surface area contributed by atoms with Crippen LogP contribution in [0.5, 0.6) is 6.01 Å². The molecule has 2 fully saturated rings. The number of nitrogens with zero attached hydrogens (tertiary/aromatic N) is 5. The molecule has 6 rings (SSSR count). The van der Waals surface area contributed by atoms with E-state index in [9.17, 15) is 0 Å². The molecule has 0 aliphatic carbocycles. The fourth-order valence-corrected chi connectivity index (χ4v) is 6.43. The van der Waals surface area contributed by atoms with E-state index in [2.05, 4.69) is 84.4 Å². The van der Waals surface area contributed by atoms with Gasteiger partial charge in [0.2, 0.25) is 0 Å². The summed E-state index contributed by atoms with van der Waals surface area (Å²) in [6.07, 6.45) is 6.74. The van der Waals surface area contributed by atoms with Crippen LogP contribution in [0.25, 0.3) is 10.8 Å². The zero-order valence-electron chi connectivity index (χ0n) is 25.5. The van der Waals surface area contributed by atoms with E-state index >= 15 is 0 Å². The van der Waals surface area contributed by atoms with Crippen LogP contribution in [0.1, 0.15) is 55.8 Å². The molecule has 0 bridgehead atoms. The molecule has 1 atom stereocenters. The van der Waals surface area contributed by atoms with Crippen LogP contribution in [-0.2, 0) is 13.0 Å². The van der Waals surface area contributed by atoms with Gasteiger partial charge in [0.25, 0.3) is 0 Å². The minimum atomic E-state index is 0.449. The van der Waals surface area contributed by atoms with Crippen molar-refractivity contribution in [2.45, 2.75) is 71.0 Å². The molecular weight excluding hydrogens is 510 g/mol. The van der Waals surface area contributed by atoms with E-state index in [1.54, 1.807) is 0 Å². The van der Waals surface area contributed by atoms with Gasteiger partial charge in [-0.05, 0) is 89.6 Å². The fourth-order valence-electron chi connectivity index (χ4n) is 6.43. The Morgan fingerprint density at radius 3 is 2.44 bits per heavy atom. The maximum Gasteiger partial charge on any atom is 0.318 e. The minimum absolute atomic E-state index is 0.449. The van der Waals surface area contributed by atoms with Crippen molar-refractivity contribution in [1.82, 2.24) is 20.2 Å². The lowest BCUT2D eigenvalue weighted by molar-refractivity contribution is 0.187. The molecule has 0 spiro atoms. The van der Waals surface area contributed by atoms with Gasteiger partial charge < -0.3 is 30.5 Å². The van der Waals surface area contributed by atoms with E-state index in [0.29, 0.717) is 24.7 Å².